The molecule has 1 spiro atoms. The minimum absolute atomic E-state index is 0.181. The second-order valence-corrected chi connectivity index (χ2v) is 14.0. The zero-order valence-electron chi connectivity index (χ0n) is 25.9. The van der Waals surface area contributed by atoms with E-state index in [0.717, 1.165) is 64.7 Å². The highest BCUT2D eigenvalue weighted by Gasteiger charge is 2.42. The molecule has 2 bridgehead atoms. The van der Waals surface area contributed by atoms with Crippen LogP contribution in [0.15, 0.2) is 0 Å². The first-order valence-corrected chi connectivity index (χ1v) is 15.6. The number of nitrogens with zero attached hydrogens (tertiary/aromatic N) is 3. The number of amides is 2. The van der Waals surface area contributed by atoms with Gasteiger partial charge in [0.15, 0.2) is 0 Å². The molecule has 7 heteroatoms. The molecule has 1 atom stereocenters. The number of hydrogen-bond acceptors (Lipinski definition) is 5. The molecule has 0 aromatic heterocycles. The van der Waals surface area contributed by atoms with Crippen LogP contribution in [0.5, 0.6) is 0 Å². The van der Waals surface area contributed by atoms with Crippen LogP contribution >= 0.6 is 0 Å². The summed E-state index contributed by atoms with van der Waals surface area (Å²) in [7, 11) is 0. The molecule has 5 fully saturated rings. The van der Waals surface area contributed by atoms with Gasteiger partial charge in [-0.15, -0.1) is 0 Å². The summed E-state index contributed by atoms with van der Waals surface area (Å²) in [6.45, 7) is 23.1. The fourth-order valence-electron chi connectivity index (χ4n) is 7.24. The summed E-state index contributed by atoms with van der Waals surface area (Å²) in [5, 5.41) is 3.41. The van der Waals surface area contributed by atoms with Crippen LogP contribution in [-0.4, -0.2) is 89.7 Å². The van der Waals surface area contributed by atoms with Crippen molar-refractivity contribution in [3.05, 3.63) is 0 Å². The number of piperidine rings is 4. The minimum Gasteiger partial charge on any atom is -0.444 e. The van der Waals surface area contributed by atoms with E-state index in [1.165, 1.54) is 25.9 Å². The average Bonchev–Trinajstić information content (AvgIpc) is 2.85. The number of rotatable bonds is 5. The summed E-state index contributed by atoms with van der Waals surface area (Å²) in [4.78, 5) is 32.0. The van der Waals surface area contributed by atoms with Crippen LogP contribution in [0.1, 0.15) is 107 Å². The van der Waals surface area contributed by atoms with Crippen molar-refractivity contribution in [3.63, 3.8) is 0 Å². The van der Waals surface area contributed by atoms with Gasteiger partial charge in [0.05, 0.1) is 0 Å². The zero-order chi connectivity index (χ0) is 28.1. The average molecular weight is 535 g/mol. The second kappa shape index (κ2) is 13.3. The minimum atomic E-state index is -0.438. The molecule has 1 aliphatic carbocycles. The Labute approximate surface area is 233 Å². The molecule has 0 radical (unpaired) electrons. The number of likely N-dealkylation sites (tertiary alicyclic amines) is 1. The van der Waals surface area contributed by atoms with E-state index < -0.39 is 5.60 Å². The SMILES string of the molecule is CC(C)(C)OC(=O)N1CCC2(CCC(C(=O)N[C@H]3CN4CCC3CC4)CC2)CC1.CCN(C(C)C)C(C)C. The zero-order valence-corrected chi connectivity index (χ0v) is 25.9. The molecule has 1 N–H and O–H groups in total. The predicted molar refractivity (Wildman–Crippen MR) is 155 cm³/mol. The first-order chi connectivity index (χ1) is 17.8. The van der Waals surface area contributed by atoms with Crippen LogP contribution in [0, 0.1) is 17.3 Å². The Balaban J connectivity index is 0.000000383. The number of hydrogen-bond donors (Lipinski definition) is 1. The van der Waals surface area contributed by atoms with E-state index in [4.69, 9.17) is 4.74 Å². The molecule has 7 nitrogen and oxygen atoms in total. The van der Waals surface area contributed by atoms with Gasteiger partial charge in [0, 0.05) is 43.7 Å². The normalized spacial score (nSPS) is 27.4. The van der Waals surface area contributed by atoms with E-state index in [1.807, 2.05) is 25.7 Å². The van der Waals surface area contributed by atoms with Crippen molar-refractivity contribution in [2.45, 2.75) is 130 Å². The van der Waals surface area contributed by atoms with Crippen molar-refractivity contribution in [1.82, 2.24) is 20.0 Å². The molecule has 0 aromatic rings. The number of carbonyl (C=O) groups excluding carboxylic acids is 2. The van der Waals surface area contributed by atoms with Gasteiger partial charge in [-0.3, -0.25) is 9.69 Å². The van der Waals surface area contributed by atoms with Crippen LogP contribution in [0.3, 0.4) is 0 Å². The number of nitrogens with one attached hydrogen (secondary N) is 1. The first-order valence-electron chi connectivity index (χ1n) is 15.6. The lowest BCUT2D eigenvalue weighted by Crippen LogP contribution is -2.58. The number of carbonyl (C=O) groups is 2. The number of fused-ring (bicyclic) bond motifs is 3. The fraction of sp³-hybridized carbons (Fsp3) is 0.935. The highest BCUT2D eigenvalue weighted by atomic mass is 16.6. The van der Waals surface area contributed by atoms with Crippen LogP contribution < -0.4 is 5.32 Å². The maximum Gasteiger partial charge on any atom is 0.410 e. The molecular formula is C31H58N4O3. The van der Waals surface area contributed by atoms with E-state index in [9.17, 15) is 9.59 Å². The van der Waals surface area contributed by atoms with Crippen molar-refractivity contribution in [1.29, 1.82) is 0 Å². The maximum absolute atomic E-state index is 12.9. The molecule has 38 heavy (non-hydrogen) atoms. The van der Waals surface area contributed by atoms with E-state index in [0.29, 0.717) is 35.4 Å². The van der Waals surface area contributed by atoms with Gasteiger partial charge in [-0.05, 0) is 131 Å². The van der Waals surface area contributed by atoms with Gasteiger partial charge in [-0.25, -0.2) is 4.79 Å². The number of ether oxygens (including phenoxy) is 1. The standard InChI is InChI=1S/C23H39N3O3.C8H19N/c1-22(2,3)29-21(28)26-14-10-23(11-15-26)8-4-18(5-9-23)20(27)24-19-16-25-12-6-17(19)7-13-25;1-6-9(7(2)3)8(4)5/h17-19H,4-16H2,1-3H3,(H,24,27);7-8H,6H2,1-5H3/t19-;/m0./s1. The Morgan fingerprint density at radius 1 is 0.921 bits per heavy atom. The smallest absolute Gasteiger partial charge is 0.410 e. The Hall–Kier alpha value is -1.34. The molecule has 220 valence electrons. The first kappa shape index (κ1) is 31.2. The summed E-state index contributed by atoms with van der Waals surface area (Å²) in [5.74, 6) is 1.17. The van der Waals surface area contributed by atoms with Crippen molar-refractivity contribution in [3.8, 4) is 0 Å². The van der Waals surface area contributed by atoms with E-state index in [1.54, 1.807) is 0 Å². The molecule has 2 amide bonds. The highest BCUT2D eigenvalue weighted by molar-refractivity contribution is 5.79. The maximum atomic E-state index is 12.9. The Morgan fingerprint density at radius 2 is 1.47 bits per heavy atom. The van der Waals surface area contributed by atoms with Gasteiger partial charge in [0.2, 0.25) is 5.91 Å². The lowest BCUT2D eigenvalue weighted by Gasteiger charge is -2.47. The van der Waals surface area contributed by atoms with Gasteiger partial charge < -0.3 is 19.9 Å². The Morgan fingerprint density at radius 3 is 1.87 bits per heavy atom. The van der Waals surface area contributed by atoms with Crippen molar-refractivity contribution in [2.75, 3.05) is 39.3 Å². The molecule has 4 saturated heterocycles. The van der Waals surface area contributed by atoms with Gasteiger partial charge in [0.1, 0.15) is 5.60 Å². The van der Waals surface area contributed by atoms with Gasteiger partial charge in [-0.1, -0.05) is 6.92 Å². The summed E-state index contributed by atoms with van der Waals surface area (Å²) in [6, 6.07) is 1.75. The van der Waals surface area contributed by atoms with E-state index in [2.05, 4.69) is 49.7 Å². The van der Waals surface area contributed by atoms with Crippen LogP contribution in [0.2, 0.25) is 0 Å². The summed E-state index contributed by atoms with van der Waals surface area (Å²) in [5.41, 5.74) is -0.114. The second-order valence-electron chi connectivity index (χ2n) is 14.0. The lowest BCUT2D eigenvalue weighted by atomic mass is 9.65. The third-order valence-corrected chi connectivity index (χ3v) is 9.57. The largest absolute Gasteiger partial charge is 0.444 e. The highest BCUT2D eigenvalue weighted by Crippen LogP contribution is 2.46. The van der Waals surface area contributed by atoms with Gasteiger partial charge >= 0.3 is 6.09 Å². The molecule has 5 rings (SSSR count). The summed E-state index contributed by atoms with van der Waals surface area (Å²) in [6.07, 6.45) is 8.62. The third-order valence-electron chi connectivity index (χ3n) is 9.57. The molecular weight excluding hydrogens is 476 g/mol. The molecule has 4 heterocycles. The quantitative estimate of drug-likeness (QED) is 0.502. The van der Waals surface area contributed by atoms with Gasteiger partial charge in [0.25, 0.3) is 0 Å². The van der Waals surface area contributed by atoms with Crippen molar-refractivity contribution >= 4 is 12.0 Å². The van der Waals surface area contributed by atoms with Crippen LogP contribution in [-0.2, 0) is 9.53 Å². The Kier molecular flexibility index (Phi) is 11.0. The van der Waals surface area contributed by atoms with Gasteiger partial charge in [-0.2, -0.15) is 0 Å². The Bertz CT molecular complexity index is 744. The van der Waals surface area contributed by atoms with E-state index >= 15 is 0 Å². The molecule has 4 aliphatic heterocycles. The van der Waals surface area contributed by atoms with Crippen LogP contribution in [0.25, 0.3) is 0 Å². The predicted octanol–water partition coefficient (Wildman–Crippen LogP) is 5.53. The summed E-state index contributed by atoms with van der Waals surface area (Å²) >= 11 is 0. The topological polar surface area (TPSA) is 65.1 Å². The van der Waals surface area contributed by atoms with Crippen LogP contribution in [0.4, 0.5) is 4.79 Å². The molecule has 0 unspecified atom stereocenters. The van der Waals surface area contributed by atoms with Crippen molar-refractivity contribution in [2.24, 2.45) is 17.3 Å². The third kappa shape index (κ3) is 8.58. The molecule has 5 aliphatic rings. The fourth-order valence-corrected chi connectivity index (χ4v) is 7.24. The van der Waals surface area contributed by atoms with E-state index in [-0.39, 0.29) is 12.0 Å². The molecule has 1 saturated carbocycles. The monoisotopic (exact) mass is 534 g/mol. The lowest BCUT2D eigenvalue weighted by molar-refractivity contribution is -0.129. The summed E-state index contributed by atoms with van der Waals surface area (Å²) < 4.78 is 5.53. The molecule has 0 aromatic carbocycles. The van der Waals surface area contributed by atoms with Crippen molar-refractivity contribution < 1.29 is 14.3 Å².